The van der Waals surface area contributed by atoms with Gasteiger partial charge in [-0.2, -0.15) is 0 Å². The van der Waals surface area contributed by atoms with Gasteiger partial charge in [0.15, 0.2) is 6.10 Å². The van der Waals surface area contributed by atoms with E-state index in [2.05, 4.69) is 30.4 Å². The zero-order valence-electron chi connectivity index (χ0n) is 12.3. The lowest BCUT2D eigenvalue weighted by Crippen LogP contribution is -2.43. The zero-order chi connectivity index (χ0) is 14.5. The highest BCUT2D eigenvalue weighted by Crippen LogP contribution is 2.29. The first-order chi connectivity index (χ1) is 10.3. The molecule has 0 saturated carbocycles. The Morgan fingerprint density at radius 2 is 1.86 bits per heavy atom. The van der Waals surface area contributed by atoms with Crippen LogP contribution in [0.5, 0.6) is 5.75 Å². The van der Waals surface area contributed by atoms with Crippen LogP contribution in [0.2, 0.25) is 0 Å². The van der Waals surface area contributed by atoms with Crippen LogP contribution in [0, 0.1) is 6.92 Å². The van der Waals surface area contributed by atoms with E-state index in [1.807, 2.05) is 36.4 Å². The van der Waals surface area contributed by atoms with Crippen LogP contribution < -0.4 is 10.1 Å². The van der Waals surface area contributed by atoms with Crippen molar-refractivity contribution in [3.8, 4) is 5.75 Å². The zero-order valence-corrected chi connectivity index (χ0v) is 12.3. The summed E-state index contributed by atoms with van der Waals surface area (Å²) < 4.78 is 12.2. The van der Waals surface area contributed by atoms with Gasteiger partial charge in [-0.1, -0.05) is 48.5 Å². The van der Waals surface area contributed by atoms with Crippen LogP contribution in [-0.2, 0) is 4.74 Å². The van der Waals surface area contributed by atoms with Crippen LogP contribution in [0.4, 0.5) is 0 Å². The average molecular weight is 283 g/mol. The third kappa shape index (κ3) is 3.43. The second-order valence-corrected chi connectivity index (χ2v) is 5.33. The molecular weight excluding hydrogens is 262 g/mol. The molecule has 3 rings (SSSR count). The van der Waals surface area contributed by atoms with Crippen molar-refractivity contribution in [3.63, 3.8) is 0 Å². The summed E-state index contributed by atoms with van der Waals surface area (Å²) in [5, 5.41) is 3.38. The Labute approximate surface area is 125 Å². The number of ether oxygens (including phenoxy) is 2. The van der Waals surface area contributed by atoms with E-state index in [0.717, 1.165) is 36.6 Å². The van der Waals surface area contributed by atoms with Gasteiger partial charge in [0, 0.05) is 13.1 Å². The van der Waals surface area contributed by atoms with E-state index < -0.39 is 0 Å². The fourth-order valence-electron chi connectivity index (χ4n) is 2.61. The van der Waals surface area contributed by atoms with Gasteiger partial charge in [-0.3, -0.25) is 0 Å². The summed E-state index contributed by atoms with van der Waals surface area (Å²) in [6.45, 7) is 4.51. The number of nitrogens with one attached hydrogen (secondary N) is 1. The Bertz CT molecular complexity index is 564. The Morgan fingerprint density at radius 3 is 2.57 bits per heavy atom. The predicted octanol–water partition coefficient (Wildman–Crippen LogP) is 3.10. The number of para-hydroxylation sites is 1. The first kappa shape index (κ1) is 14.1. The Kier molecular flexibility index (Phi) is 4.53. The van der Waals surface area contributed by atoms with E-state index >= 15 is 0 Å². The fraction of sp³-hybridized carbons (Fsp3) is 0.333. The summed E-state index contributed by atoms with van der Waals surface area (Å²) in [7, 11) is 0. The molecule has 2 atom stereocenters. The van der Waals surface area contributed by atoms with Crippen molar-refractivity contribution >= 4 is 0 Å². The molecule has 2 aromatic carbocycles. The minimum absolute atomic E-state index is 0.0285. The van der Waals surface area contributed by atoms with E-state index in [1.54, 1.807) is 0 Å². The van der Waals surface area contributed by atoms with Gasteiger partial charge in [0.05, 0.1) is 6.61 Å². The summed E-state index contributed by atoms with van der Waals surface area (Å²) in [4.78, 5) is 0. The largest absolute Gasteiger partial charge is 0.483 e. The maximum Gasteiger partial charge on any atom is 0.151 e. The van der Waals surface area contributed by atoms with Crippen LogP contribution >= 0.6 is 0 Å². The second-order valence-electron chi connectivity index (χ2n) is 5.33. The quantitative estimate of drug-likeness (QED) is 0.935. The molecular formula is C18H21NO2. The summed E-state index contributed by atoms with van der Waals surface area (Å²) >= 11 is 0. The molecule has 0 aliphatic carbocycles. The first-order valence-corrected chi connectivity index (χ1v) is 7.44. The smallest absolute Gasteiger partial charge is 0.151 e. The molecule has 2 aromatic rings. The minimum Gasteiger partial charge on any atom is -0.483 e. The lowest BCUT2D eigenvalue weighted by Gasteiger charge is -2.32. The van der Waals surface area contributed by atoms with E-state index in [9.17, 15) is 0 Å². The molecule has 1 saturated heterocycles. The minimum atomic E-state index is -0.0971. The number of rotatable bonds is 4. The molecule has 1 fully saturated rings. The molecule has 0 amide bonds. The molecule has 0 spiro atoms. The van der Waals surface area contributed by atoms with Gasteiger partial charge in [-0.05, 0) is 24.1 Å². The molecule has 1 unspecified atom stereocenters. The van der Waals surface area contributed by atoms with Crippen LogP contribution in [0.15, 0.2) is 54.6 Å². The van der Waals surface area contributed by atoms with Crippen molar-refractivity contribution in [3.05, 3.63) is 65.7 Å². The van der Waals surface area contributed by atoms with Crippen LogP contribution in [-0.4, -0.2) is 25.8 Å². The Hall–Kier alpha value is -1.84. The van der Waals surface area contributed by atoms with Crippen LogP contribution in [0.1, 0.15) is 17.2 Å². The number of hydrogen-bond donors (Lipinski definition) is 1. The standard InChI is InChI=1S/C18H21NO2/c1-14-7-5-6-10-16(14)21-18(15-8-3-2-4-9-15)17-13-19-11-12-20-17/h2-10,17-19H,11-13H2,1H3/t17?,18-/m0/s1. The van der Waals surface area contributed by atoms with Gasteiger partial charge in [0.2, 0.25) is 0 Å². The van der Waals surface area contributed by atoms with Gasteiger partial charge >= 0.3 is 0 Å². The van der Waals surface area contributed by atoms with Crippen molar-refractivity contribution in [2.45, 2.75) is 19.1 Å². The molecule has 3 heteroatoms. The van der Waals surface area contributed by atoms with Crippen LogP contribution in [0.3, 0.4) is 0 Å². The molecule has 1 heterocycles. The van der Waals surface area contributed by atoms with E-state index in [1.165, 1.54) is 0 Å². The Balaban J connectivity index is 1.87. The first-order valence-electron chi connectivity index (χ1n) is 7.44. The molecule has 1 aliphatic rings. The third-order valence-corrected chi connectivity index (χ3v) is 3.77. The SMILES string of the molecule is Cc1ccccc1O[C@@H](c1ccccc1)C1CNCCO1. The van der Waals surface area contributed by atoms with Crippen molar-refractivity contribution < 1.29 is 9.47 Å². The molecule has 0 radical (unpaired) electrons. The molecule has 21 heavy (non-hydrogen) atoms. The highest BCUT2D eigenvalue weighted by atomic mass is 16.5. The summed E-state index contributed by atoms with van der Waals surface area (Å²) in [6.07, 6.45) is -0.0687. The van der Waals surface area contributed by atoms with Gasteiger partial charge in [-0.15, -0.1) is 0 Å². The van der Waals surface area contributed by atoms with E-state index in [0.29, 0.717) is 0 Å². The van der Waals surface area contributed by atoms with E-state index in [4.69, 9.17) is 9.47 Å². The second kappa shape index (κ2) is 6.74. The Morgan fingerprint density at radius 1 is 1.10 bits per heavy atom. The highest BCUT2D eigenvalue weighted by Gasteiger charge is 2.28. The van der Waals surface area contributed by atoms with Crippen molar-refractivity contribution in [1.82, 2.24) is 5.32 Å². The summed E-state index contributed by atoms with van der Waals surface area (Å²) in [5.41, 5.74) is 2.29. The lowest BCUT2D eigenvalue weighted by atomic mass is 10.0. The van der Waals surface area contributed by atoms with E-state index in [-0.39, 0.29) is 12.2 Å². The maximum absolute atomic E-state index is 6.31. The topological polar surface area (TPSA) is 30.5 Å². The van der Waals surface area contributed by atoms with Gasteiger partial charge in [-0.25, -0.2) is 0 Å². The van der Waals surface area contributed by atoms with Gasteiger partial charge in [0.25, 0.3) is 0 Å². The number of morpholine rings is 1. The lowest BCUT2D eigenvalue weighted by molar-refractivity contribution is -0.0434. The third-order valence-electron chi connectivity index (χ3n) is 3.77. The normalized spacial score (nSPS) is 20.0. The summed E-state index contributed by atoms with van der Waals surface area (Å²) in [6, 6.07) is 18.4. The monoisotopic (exact) mass is 283 g/mol. The molecule has 1 N–H and O–H groups in total. The fourth-order valence-corrected chi connectivity index (χ4v) is 2.61. The van der Waals surface area contributed by atoms with Crippen LogP contribution in [0.25, 0.3) is 0 Å². The molecule has 3 nitrogen and oxygen atoms in total. The highest BCUT2D eigenvalue weighted by molar-refractivity contribution is 5.33. The van der Waals surface area contributed by atoms with Gasteiger partial charge < -0.3 is 14.8 Å². The molecule has 110 valence electrons. The maximum atomic E-state index is 6.31. The van der Waals surface area contributed by atoms with Gasteiger partial charge in [0.1, 0.15) is 11.9 Å². The average Bonchev–Trinajstić information content (AvgIpc) is 2.56. The van der Waals surface area contributed by atoms with Crippen molar-refractivity contribution in [1.29, 1.82) is 0 Å². The number of aryl methyl sites for hydroxylation is 1. The number of benzene rings is 2. The number of hydrogen-bond acceptors (Lipinski definition) is 3. The van der Waals surface area contributed by atoms with Crippen molar-refractivity contribution in [2.24, 2.45) is 0 Å². The predicted molar refractivity (Wildman–Crippen MR) is 83.6 cm³/mol. The molecule has 0 aromatic heterocycles. The molecule has 1 aliphatic heterocycles. The van der Waals surface area contributed by atoms with Crippen molar-refractivity contribution in [2.75, 3.05) is 19.7 Å². The summed E-state index contributed by atoms with van der Waals surface area (Å²) in [5.74, 6) is 0.917. The molecule has 0 bridgehead atoms.